The molecule has 3 heterocycles. The molecule has 0 bridgehead atoms. The predicted octanol–water partition coefficient (Wildman–Crippen LogP) is 0.507. The first kappa shape index (κ1) is 25.8. The fraction of sp³-hybridized carbons (Fsp3) is 0.579. The van der Waals surface area contributed by atoms with Crippen molar-refractivity contribution in [3.63, 3.8) is 0 Å². The molecule has 1 saturated heterocycles. The third kappa shape index (κ3) is 5.46. The maximum atomic E-state index is 12.9. The fourth-order valence-corrected chi connectivity index (χ4v) is 4.59. The van der Waals surface area contributed by atoms with E-state index in [4.69, 9.17) is 36.5 Å². The molecule has 13 nitrogen and oxygen atoms in total. The lowest BCUT2D eigenvalue weighted by Crippen LogP contribution is -2.46. The van der Waals surface area contributed by atoms with E-state index in [0.717, 1.165) is 22.8 Å². The highest BCUT2D eigenvalue weighted by Crippen LogP contribution is 2.36. The largest absolute Gasteiger partial charge is 0.463 e. The number of carbonyl (C=O) groups is 3. The van der Waals surface area contributed by atoms with Gasteiger partial charge in [0.1, 0.15) is 18.8 Å². The predicted molar refractivity (Wildman–Crippen MR) is 120 cm³/mol. The normalized spacial score (nSPS) is 23.1. The van der Waals surface area contributed by atoms with Crippen LogP contribution in [0, 0.1) is 5.92 Å². The average Bonchev–Trinajstić information content (AvgIpc) is 3.22. The van der Waals surface area contributed by atoms with Crippen LogP contribution in [0.4, 0.5) is 5.95 Å². The number of esters is 3. The SMILES string of the molecule is CC(=O)OC[C@H]1O[C@@H](n2c(=O)sc3cnc(N)nc32)[C@H](OC(=O)[C@@H](NCl)C(C)C)[C@H]1OC(C)=O. The first-order valence-electron chi connectivity index (χ1n) is 10.2. The molecule has 1 aliphatic rings. The third-order valence-electron chi connectivity index (χ3n) is 4.96. The Kier molecular flexibility index (Phi) is 8.07. The minimum atomic E-state index is -1.31. The number of nitrogens with two attached hydrogens (primary N) is 1. The number of ether oxygens (including phenoxy) is 4. The lowest BCUT2D eigenvalue weighted by atomic mass is 10.1. The number of aromatic nitrogens is 3. The molecule has 1 aliphatic heterocycles. The molecule has 0 unspecified atom stereocenters. The summed E-state index contributed by atoms with van der Waals surface area (Å²) in [7, 11) is 0. The molecule has 0 spiro atoms. The summed E-state index contributed by atoms with van der Waals surface area (Å²) in [5.74, 6) is -2.42. The van der Waals surface area contributed by atoms with Crippen molar-refractivity contribution < 1.29 is 33.3 Å². The minimum Gasteiger partial charge on any atom is -0.463 e. The van der Waals surface area contributed by atoms with Gasteiger partial charge < -0.3 is 24.7 Å². The molecule has 0 radical (unpaired) electrons. The van der Waals surface area contributed by atoms with Gasteiger partial charge in [0, 0.05) is 13.8 Å². The lowest BCUT2D eigenvalue weighted by molar-refractivity contribution is -0.169. The number of anilines is 1. The molecule has 1 fully saturated rings. The second-order valence-corrected chi connectivity index (χ2v) is 9.04. The van der Waals surface area contributed by atoms with Crippen LogP contribution in [-0.2, 0) is 33.3 Å². The quantitative estimate of drug-likeness (QED) is 0.282. The summed E-state index contributed by atoms with van der Waals surface area (Å²) in [5.41, 5.74) is 5.84. The highest BCUT2D eigenvalue weighted by molar-refractivity contribution is 7.16. The van der Waals surface area contributed by atoms with Gasteiger partial charge in [-0.05, 0) is 17.7 Å². The van der Waals surface area contributed by atoms with Gasteiger partial charge in [0.2, 0.25) is 5.95 Å². The van der Waals surface area contributed by atoms with Crippen LogP contribution in [0.3, 0.4) is 0 Å². The van der Waals surface area contributed by atoms with Gasteiger partial charge in [-0.25, -0.2) is 9.82 Å². The smallest absolute Gasteiger partial charge is 0.325 e. The Balaban J connectivity index is 2.09. The Hall–Kier alpha value is -2.81. The molecule has 3 N–H and O–H groups in total. The zero-order valence-electron chi connectivity index (χ0n) is 18.7. The number of hydrogen-bond donors (Lipinski definition) is 2. The van der Waals surface area contributed by atoms with Crippen molar-refractivity contribution in [3.05, 3.63) is 15.9 Å². The van der Waals surface area contributed by atoms with Crippen LogP contribution < -0.4 is 15.4 Å². The van der Waals surface area contributed by atoms with Gasteiger partial charge in [-0.2, -0.15) is 4.98 Å². The molecule has 3 rings (SSSR count). The number of thiazole rings is 1. The number of carbonyl (C=O) groups excluding carboxylic acids is 3. The Bertz CT molecular complexity index is 1140. The highest BCUT2D eigenvalue weighted by Gasteiger charge is 2.52. The van der Waals surface area contributed by atoms with Crippen molar-refractivity contribution in [1.29, 1.82) is 0 Å². The molecule has 5 atom stereocenters. The summed E-state index contributed by atoms with van der Waals surface area (Å²) in [6, 6.07) is -0.915. The first-order chi connectivity index (χ1) is 16.0. The van der Waals surface area contributed by atoms with Gasteiger partial charge >= 0.3 is 22.8 Å². The summed E-state index contributed by atoms with van der Waals surface area (Å²) >= 11 is 6.55. The molecule has 0 aromatic carbocycles. The van der Waals surface area contributed by atoms with Crippen molar-refractivity contribution in [1.82, 2.24) is 19.4 Å². The second-order valence-electron chi connectivity index (χ2n) is 7.83. The Morgan fingerprint density at radius 2 is 1.97 bits per heavy atom. The van der Waals surface area contributed by atoms with Gasteiger partial charge in [0.15, 0.2) is 24.1 Å². The second kappa shape index (κ2) is 10.6. The van der Waals surface area contributed by atoms with Crippen LogP contribution in [0.15, 0.2) is 11.0 Å². The van der Waals surface area contributed by atoms with Crippen molar-refractivity contribution >= 4 is 57.3 Å². The molecule has 2 aromatic heterocycles. The van der Waals surface area contributed by atoms with Crippen LogP contribution in [0.1, 0.15) is 33.9 Å². The van der Waals surface area contributed by atoms with Crippen molar-refractivity contribution in [2.24, 2.45) is 5.92 Å². The van der Waals surface area contributed by atoms with Crippen LogP contribution in [-0.4, -0.2) is 63.4 Å². The zero-order chi connectivity index (χ0) is 25.2. The van der Waals surface area contributed by atoms with Crippen LogP contribution >= 0.6 is 23.1 Å². The van der Waals surface area contributed by atoms with E-state index in [-0.39, 0.29) is 24.1 Å². The van der Waals surface area contributed by atoms with E-state index in [1.54, 1.807) is 13.8 Å². The van der Waals surface area contributed by atoms with Crippen molar-refractivity contribution in [3.8, 4) is 0 Å². The van der Waals surface area contributed by atoms with Crippen LogP contribution in [0.5, 0.6) is 0 Å². The number of nitrogens with zero attached hydrogens (tertiary/aromatic N) is 3. The molecule has 0 aliphatic carbocycles. The van der Waals surface area contributed by atoms with E-state index >= 15 is 0 Å². The van der Waals surface area contributed by atoms with Gasteiger partial charge in [-0.1, -0.05) is 25.2 Å². The minimum absolute atomic E-state index is 0.0928. The first-order valence-corrected chi connectivity index (χ1v) is 11.4. The molecule has 0 saturated carbocycles. The molecule has 186 valence electrons. The van der Waals surface area contributed by atoms with Crippen molar-refractivity contribution in [2.45, 2.75) is 58.3 Å². The molecular weight excluding hydrogens is 494 g/mol. The van der Waals surface area contributed by atoms with Crippen LogP contribution in [0.25, 0.3) is 10.3 Å². The maximum absolute atomic E-state index is 12.9. The Morgan fingerprint density at radius 1 is 1.26 bits per heavy atom. The van der Waals surface area contributed by atoms with Crippen molar-refractivity contribution in [2.75, 3.05) is 12.3 Å². The number of nitrogen functional groups attached to an aromatic ring is 1. The number of nitrogens with one attached hydrogen (secondary N) is 1. The van der Waals surface area contributed by atoms with E-state index in [2.05, 4.69) is 14.8 Å². The summed E-state index contributed by atoms with van der Waals surface area (Å²) in [6.07, 6.45) is -3.49. The number of halogens is 1. The summed E-state index contributed by atoms with van der Waals surface area (Å²) in [4.78, 5) is 58.9. The zero-order valence-corrected chi connectivity index (χ0v) is 20.3. The molecule has 15 heteroatoms. The van der Waals surface area contributed by atoms with E-state index in [1.807, 2.05) is 0 Å². The van der Waals surface area contributed by atoms with Gasteiger partial charge in [-0.15, -0.1) is 0 Å². The standard InChI is InChI=1S/C19H24ClN5O8S/c1-7(2)12(24-20)17(28)33-14-13(31-9(4)27)10(6-30-8(3)26)32-16(14)25-15-11(34-19(25)29)5-22-18(21)23-15/h5,7,10,12-14,16,24H,6H2,1-4H3,(H2,21,22,23)/t10-,12+,13+,14-,16-/m1/s1. The van der Waals surface area contributed by atoms with E-state index in [1.165, 1.54) is 13.1 Å². The highest BCUT2D eigenvalue weighted by atomic mass is 35.5. The maximum Gasteiger partial charge on any atom is 0.325 e. The summed E-state index contributed by atoms with van der Waals surface area (Å²) in [5, 5.41) is 0. The number of hydrogen-bond acceptors (Lipinski definition) is 13. The molecule has 0 amide bonds. The Morgan fingerprint density at radius 3 is 2.56 bits per heavy atom. The molecular formula is C19H24ClN5O8S. The van der Waals surface area contributed by atoms with Crippen LogP contribution in [0.2, 0.25) is 0 Å². The van der Waals surface area contributed by atoms with E-state index in [9.17, 15) is 19.2 Å². The van der Waals surface area contributed by atoms with E-state index in [0.29, 0.717) is 4.70 Å². The summed E-state index contributed by atoms with van der Waals surface area (Å²) < 4.78 is 23.6. The van der Waals surface area contributed by atoms with Gasteiger partial charge in [-0.3, -0.25) is 23.7 Å². The average molecular weight is 518 g/mol. The lowest BCUT2D eigenvalue weighted by Gasteiger charge is -2.26. The van der Waals surface area contributed by atoms with E-state index < -0.39 is 53.4 Å². The number of rotatable bonds is 8. The summed E-state index contributed by atoms with van der Waals surface area (Å²) in [6.45, 7) is 5.52. The fourth-order valence-electron chi connectivity index (χ4n) is 3.43. The molecule has 2 aromatic rings. The Labute approximate surface area is 202 Å². The number of fused-ring (bicyclic) bond motifs is 1. The third-order valence-corrected chi connectivity index (χ3v) is 6.07. The van der Waals surface area contributed by atoms with Gasteiger partial charge in [0.05, 0.1) is 10.9 Å². The monoisotopic (exact) mass is 517 g/mol. The topological polar surface area (TPSA) is 174 Å². The molecule has 34 heavy (non-hydrogen) atoms. The van der Waals surface area contributed by atoms with Gasteiger partial charge in [0.25, 0.3) is 0 Å².